The van der Waals surface area contributed by atoms with E-state index in [0.717, 1.165) is 4.90 Å². The zero-order valence-electron chi connectivity index (χ0n) is 14.8. The van der Waals surface area contributed by atoms with Crippen LogP contribution < -0.4 is 0 Å². The summed E-state index contributed by atoms with van der Waals surface area (Å²) in [4.78, 5) is 31.7. The second kappa shape index (κ2) is 4.68. The molecule has 2 amide bonds. The highest BCUT2D eigenvalue weighted by Gasteiger charge is 2.88. The van der Waals surface area contributed by atoms with Crippen molar-refractivity contribution in [1.29, 1.82) is 0 Å². The summed E-state index contributed by atoms with van der Waals surface area (Å²) in [5, 5.41) is 0. The summed E-state index contributed by atoms with van der Waals surface area (Å²) in [5.74, 6) is -2.06. The smallest absolute Gasteiger partial charge is 0.360 e. The number of amides is 2. The second-order valence-electron chi connectivity index (χ2n) is 6.91. The first-order chi connectivity index (χ1) is 11.8. The first kappa shape index (κ1) is 16.2. The molecule has 3 aliphatic rings. The molecule has 0 bridgehead atoms. The van der Waals surface area contributed by atoms with Gasteiger partial charge >= 0.3 is 5.97 Å². The van der Waals surface area contributed by atoms with Gasteiger partial charge in [-0.3, -0.25) is 19.2 Å². The van der Waals surface area contributed by atoms with Crippen molar-refractivity contribution in [2.45, 2.75) is 37.9 Å². The molecule has 1 fully saturated rings. The van der Waals surface area contributed by atoms with Crippen molar-refractivity contribution in [3.63, 3.8) is 0 Å². The van der Waals surface area contributed by atoms with Crippen LogP contribution in [0, 0.1) is 5.92 Å². The molecule has 3 atom stereocenters. The van der Waals surface area contributed by atoms with Crippen LogP contribution in [0.15, 0.2) is 29.3 Å². The van der Waals surface area contributed by atoms with Gasteiger partial charge in [-0.05, 0) is 12.0 Å². The zero-order chi connectivity index (χ0) is 18.2. The molecule has 1 aromatic carbocycles. The molecule has 0 unspecified atom stereocenters. The van der Waals surface area contributed by atoms with Crippen molar-refractivity contribution in [3.05, 3.63) is 35.4 Å². The number of ether oxygens (including phenoxy) is 3. The van der Waals surface area contributed by atoms with Crippen LogP contribution in [0.3, 0.4) is 0 Å². The van der Waals surface area contributed by atoms with Gasteiger partial charge in [-0.2, -0.15) is 0 Å². The average molecular weight is 344 g/mol. The number of carbonyl (C=O) groups excluding carboxylic acids is 2. The van der Waals surface area contributed by atoms with E-state index in [1.807, 2.05) is 13.8 Å². The van der Waals surface area contributed by atoms with E-state index in [9.17, 15) is 9.59 Å². The minimum atomic E-state index is -1.48. The van der Waals surface area contributed by atoms with Crippen molar-refractivity contribution >= 4 is 17.7 Å². The molecule has 4 rings (SSSR count). The molecule has 0 saturated carbocycles. The second-order valence-corrected chi connectivity index (χ2v) is 6.91. The number of fused-ring (bicyclic) bond motifs is 4. The predicted octanol–water partition coefficient (Wildman–Crippen LogP) is 1.67. The fourth-order valence-corrected chi connectivity index (χ4v) is 4.43. The molecule has 7 heteroatoms. The van der Waals surface area contributed by atoms with Crippen LogP contribution in [0.5, 0.6) is 0 Å². The highest BCUT2D eigenvalue weighted by molar-refractivity contribution is 6.13. The normalized spacial score (nSPS) is 36.1. The van der Waals surface area contributed by atoms with Crippen LogP contribution in [-0.4, -0.2) is 48.3 Å². The lowest BCUT2D eigenvalue weighted by Crippen LogP contribution is -2.85. The highest BCUT2D eigenvalue weighted by Crippen LogP contribution is 2.67. The maximum Gasteiger partial charge on any atom is 0.360 e. The van der Waals surface area contributed by atoms with Crippen molar-refractivity contribution in [3.8, 4) is 0 Å². The molecule has 0 N–H and O–H groups in total. The number of methoxy groups -OCH3 is 1. The van der Waals surface area contributed by atoms with Gasteiger partial charge in [0.25, 0.3) is 11.8 Å². The molecule has 0 aromatic heterocycles. The van der Waals surface area contributed by atoms with E-state index in [0.29, 0.717) is 17.0 Å². The summed E-state index contributed by atoms with van der Waals surface area (Å²) in [6.45, 7) is 5.58. The van der Waals surface area contributed by atoms with E-state index < -0.39 is 23.0 Å². The van der Waals surface area contributed by atoms with Crippen molar-refractivity contribution in [1.82, 2.24) is 4.90 Å². The molecule has 1 spiro atoms. The predicted molar refractivity (Wildman–Crippen MR) is 87.8 cm³/mol. The van der Waals surface area contributed by atoms with Gasteiger partial charge in [-0.1, -0.05) is 32.0 Å². The lowest BCUT2D eigenvalue weighted by atomic mass is 9.60. The Morgan fingerprint density at radius 2 is 1.92 bits per heavy atom. The number of carbonyl (C=O) groups is 2. The van der Waals surface area contributed by atoms with E-state index in [2.05, 4.69) is 0 Å². The number of imide groups is 1. The van der Waals surface area contributed by atoms with E-state index in [4.69, 9.17) is 19.2 Å². The van der Waals surface area contributed by atoms with Crippen molar-refractivity contribution in [2.75, 3.05) is 14.2 Å². The molecule has 1 saturated heterocycles. The third kappa shape index (κ3) is 1.48. The molecule has 7 nitrogen and oxygen atoms in total. The van der Waals surface area contributed by atoms with Crippen molar-refractivity contribution < 1.29 is 23.8 Å². The minimum absolute atomic E-state index is 0.155. The molecule has 1 aromatic rings. The quantitative estimate of drug-likeness (QED) is 0.763. The van der Waals surface area contributed by atoms with Crippen LogP contribution in [-0.2, 0) is 24.6 Å². The average Bonchev–Trinajstić information content (AvgIpc) is 2.83. The first-order valence-electron chi connectivity index (χ1n) is 8.20. The molecule has 0 aliphatic carbocycles. The summed E-state index contributed by atoms with van der Waals surface area (Å²) >= 11 is 0. The Balaban J connectivity index is 2.06. The number of hydrogen-bond donors (Lipinski definition) is 0. The van der Waals surface area contributed by atoms with Crippen LogP contribution in [0.25, 0.3) is 0 Å². The standard InChI is InChI=1S/C18H20N2O5/c1-10(2)17-16(25-18(17,23-5)24-11(3)19-17)13-9-7-6-8-12(13)14(21)20(4)15(16)22/h6-10H,1-5H3/t16-,17-,18+/m0/s1. The molecule has 0 radical (unpaired) electrons. The monoisotopic (exact) mass is 344 g/mol. The van der Waals surface area contributed by atoms with Crippen LogP contribution in [0.2, 0.25) is 0 Å². The number of benzene rings is 1. The van der Waals surface area contributed by atoms with E-state index in [-0.39, 0.29) is 11.8 Å². The Morgan fingerprint density at radius 3 is 2.56 bits per heavy atom. The number of aliphatic imine (C=N–C) groups is 1. The fourth-order valence-electron chi connectivity index (χ4n) is 4.43. The molecule has 25 heavy (non-hydrogen) atoms. The Hall–Kier alpha value is -2.25. The van der Waals surface area contributed by atoms with Gasteiger partial charge in [0.15, 0.2) is 5.90 Å². The van der Waals surface area contributed by atoms with Gasteiger partial charge < -0.3 is 9.47 Å². The van der Waals surface area contributed by atoms with E-state index in [1.165, 1.54) is 14.2 Å². The molecule has 3 heterocycles. The van der Waals surface area contributed by atoms with E-state index >= 15 is 0 Å². The Bertz CT molecular complexity index is 835. The largest absolute Gasteiger partial charge is 0.424 e. The number of hydrogen-bond acceptors (Lipinski definition) is 6. The fraction of sp³-hybridized carbons (Fsp3) is 0.500. The molecule has 3 aliphatic heterocycles. The summed E-state index contributed by atoms with van der Waals surface area (Å²) in [5.41, 5.74) is -1.66. The topological polar surface area (TPSA) is 77.4 Å². The summed E-state index contributed by atoms with van der Waals surface area (Å²) < 4.78 is 17.5. The number of nitrogens with zero attached hydrogens (tertiary/aromatic N) is 2. The van der Waals surface area contributed by atoms with E-state index in [1.54, 1.807) is 31.2 Å². The van der Waals surface area contributed by atoms with Gasteiger partial charge in [0.2, 0.25) is 11.1 Å². The Morgan fingerprint density at radius 1 is 1.24 bits per heavy atom. The Kier molecular flexibility index (Phi) is 3.04. The highest BCUT2D eigenvalue weighted by atomic mass is 16.9. The van der Waals surface area contributed by atoms with Gasteiger partial charge in [0.1, 0.15) is 0 Å². The minimum Gasteiger partial charge on any atom is -0.424 e. The maximum absolute atomic E-state index is 13.3. The lowest BCUT2D eigenvalue weighted by Gasteiger charge is -2.64. The number of likely N-dealkylation sites (N-methyl/N-ethyl adjacent to an activating group) is 1. The number of rotatable bonds is 2. The van der Waals surface area contributed by atoms with Gasteiger partial charge in [0.05, 0.1) is 0 Å². The Labute approximate surface area is 145 Å². The van der Waals surface area contributed by atoms with Crippen LogP contribution in [0.1, 0.15) is 36.7 Å². The molecular weight excluding hydrogens is 324 g/mol. The summed E-state index contributed by atoms with van der Waals surface area (Å²) in [7, 11) is 2.92. The van der Waals surface area contributed by atoms with Crippen LogP contribution >= 0.6 is 0 Å². The third-order valence-corrected chi connectivity index (χ3v) is 5.46. The lowest BCUT2D eigenvalue weighted by molar-refractivity contribution is -0.496. The van der Waals surface area contributed by atoms with Crippen LogP contribution in [0.4, 0.5) is 0 Å². The summed E-state index contributed by atoms with van der Waals surface area (Å²) in [6.07, 6.45) is 0. The maximum atomic E-state index is 13.3. The molecular formula is C18H20N2O5. The van der Waals surface area contributed by atoms with Gasteiger partial charge in [0, 0.05) is 32.2 Å². The van der Waals surface area contributed by atoms with Crippen molar-refractivity contribution in [2.24, 2.45) is 10.9 Å². The first-order valence-corrected chi connectivity index (χ1v) is 8.20. The summed E-state index contributed by atoms with van der Waals surface area (Å²) in [6, 6.07) is 6.98. The molecule has 132 valence electrons. The van der Waals surface area contributed by atoms with Gasteiger partial charge in [-0.25, -0.2) is 4.99 Å². The SMILES string of the molecule is CO[C@@]12OC(C)=N[C@@]1(C(C)C)[C@@]1(O2)C(=O)N(C)C(=O)c2ccccc21. The van der Waals surface area contributed by atoms with Gasteiger partial charge in [-0.15, -0.1) is 0 Å². The third-order valence-electron chi connectivity index (χ3n) is 5.46. The zero-order valence-corrected chi connectivity index (χ0v) is 14.8.